The highest BCUT2D eigenvalue weighted by Crippen LogP contribution is 2.27. The van der Waals surface area contributed by atoms with Crippen molar-refractivity contribution in [2.45, 2.75) is 9.79 Å². The van der Waals surface area contributed by atoms with Crippen molar-refractivity contribution in [2.75, 3.05) is 0 Å². The Morgan fingerprint density at radius 2 is 1.60 bits per heavy atom. The van der Waals surface area contributed by atoms with E-state index in [1.807, 2.05) is 0 Å². The number of benzene rings is 2. The summed E-state index contributed by atoms with van der Waals surface area (Å²) in [6, 6.07) is 9.79. The van der Waals surface area contributed by atoms with Gasteiger partial charge in [-0.1, -0.05) is 24.3 Å². The van der Waals surface area contributed by atoms with Crippen LogP contribution in [0.5, 0.6) is 0 Å². The minimum Gasteiger partial charge on any atom is -0.282 e. The van der Waals surface area contributed by atoms with Crippen molar-refractivity contribution in [3.8, 4) is 0 Å². The van der Waals surface area contributed by atoms with Crippen molar-refractivity contribution in [1.29, 1.82) is 0 Å². The van der Waals surface area contributed by atoms with Crippen LogP contribution in [-0.2, 0) is 10.1 Å². The summed E-state index contributed by atoms with van der Waals surface area (Å²) in [5.41, 5.74) is 0. The maximum atomic E-state index is 11.1. The van der Waals surface area contributed by atoms with Crippen LogP contribution in [0.2, 0.25) is 0 Å². The molecule has 0 aliphatic carbocycles. The summed E-state index contributed by atoms with van der Waals surface area (Å²) in [5, 5.41) is 1.18. The Morgan fingerprint density at radius 3 is 2.27 bits per heavy atom. The summed E-state index contributed by atoms with van der Waals surface area (Å²) in [6.07, 6.45) is 0. The molecule has 0 heterocycles. The molecule has 2 aromatic rings. The molecular formula is C10H8O3S2. The van der Waals surface area contributed by atoms with Gasteiger partial charge >= 0.3 is 0 Å². The molecule has 15 heavy (non-hydrogen) atoms. The topological polar surface area (TPSA) is 54.4 Å². The fourth-order valence-corrected chi connectivity index (χ4v) is 2.48. The number of hydrogen-bond donors (Lipinski definition) is 2. The second kappa shape index (κ2) is 3.52. The van der Waals surface area contributed by atoms with Gasteiger partial charge in [0, 0.05) is 10.3 Å². The van der Waals surface area contributed by atoms with Crippen molar-refractivity contribution >= 4 is 33.5 Å². The molecule has 78 valence electrons. The van der Waals surface area contributed by atoms with Gasteiger partial charge in [0.15, 0.2) is 0 Å². The molecule has 0 spiro atoms. The molecule has 0 amide bonds. The third-order valence-electron chi connectivity index (χ3n) is 2.14. The lowest BCUT2D eigenvalue weighted by Crippen LogP contribution is -1.98. The first-order chi connectivity index (χ1) is 7.00. The van der Waals surface area contributed by atoms with Crippen LogP contribution in [0.3, 0.4) is 0 Å². The number of rotatable bonds is 1. The molecule has 0 saturated carbocycles. The van der Waals surface area contributed by atoms with Gasteiger partial charge in [0.2, 0.25) is 0 Å². The van der Waals surface area contributed by atoms with Crippen LogP contribution < -0.4 is 0 Å². The van der Waals surface area contributed by atoms with Crippen LogP contribution >= 0.6 is 12.6 Å². The van der Waals surface area contributed by atoms with Crippen molar-refractivity contribution < 1.29 is 13.0 Å². The molecule has 1 N–H and O–H groups in total. The van der Waals surface area contributed by atoms with E-state index in [2.05, 4.69) is 12.6 Å². The van der Waals surface area contributed by atoms with E-state index in [0.717, 1.165) is 0 Å². The van der Waals surface area contributed by atoms with Gasteiger partial charge in [-0.25, -0.2) is 0 Å². The van der Waals surface area contributed by atoms with Gasteiger partial charge in [0.05, 0.1) is 0 Å². The van der Waals surface area contributed by atoms with E-state index >= 15 is 0 Å². The van der Waals surface area contributed by atoms with Gasteiger partial charge in [0.25, 0.3) is 10.1 Å². The fourth-order valence-electron chi connectivity index (χ4n) is 1.49. The highest BCUT2D eigenvalue weighted by atomic mass is 32.2. The minimum absolute atomic E-state index is 0.0871. The molecule has 0 radical (unpaired) electrons. The van der Waals surface area contributed by atoms with Crippen molar-refractivity contribution in [3.63, 3.8) is 0 Å². The van der Waals surface area contributed by atoms with Gasteiger partial charge in [-0.2, -0.15) is 8.42 Å². The largest absolute Gasteiger partial charge is 0.295 e. The van der Waals surface area contributed by atoms with Gasteiger partial charge in [-0.15, -0.1) is 12.6 Å². The maximum absolute atomic E-state index is 11.1. The molecule has 2 aromatic carbocycles. The first kappa shape index (κ1) is 10.5. The molecule has 0 aliphatic heterocycles. The highest BCUT2D eigenvalue weighted by Gasteiger charge is 2.13. The van der Waals surface area contributed by atoms with Crippen LogP contribution in [-0.4, -0.2) is 13.0 Å². The standard InChI is InChI=1S/C10H8O3S2/c11-15(12,13)10-6-2-3-7-8(10)4-1-5-9(7)14/h1-6,14H,(H,11,12,13). The average Bonchev–Trinajstić information content (AvgIpc) is 2.16. The monoisotopic (exact) mass is 240 g/mol. The molecule has 0 bridgehead atoms. The molecular weight excluding hydrogens is 232 g/mol. The van der Waals surface area contributed by atoms with Crippen molar-refractivity contribution in [2.24, 2.45) is 0 Å². The third kappa shape index (κ3) is 1.86. The second-order valence-corrected chi connectivity index (χ2v) is 4.98. The Balaban J connectivity index is 2.96. The Hall–Kier alpha value is -1.04. The zero-order valence-electron chi connectivity index (χ0n) is 7.58. The summed E-state index contributed by atoms with van der Waals surface area (Å²) >= 11 is 4.22. The van der Waals surface area contributed by atoms with Crippen molar-refractivity contribution in [1.82, 2.24) is 0 Å². The Bertz CT molecular complexity index is 618. The molecule has 0 saturated heterocycles. The number of fused-ring (bicyclic) bond motifs is 1. The summed E-state index contributed by atoms with van der Waals surface area (Å²) in [5.74, 6) is 0. The first-order valence-corrected chi connectivity index (χ1v) is 6.07. The summed E-state index contributed by atoms with van der Waals surface area (Å²) < 4.78 is 31.2. The quantitative estimate of drug-likeness (QED) is 0.594. The van der Waals surface area contributed by atoms with Crippen LogP contribution in [0.1, 0.15) is 0 Å². The Morgan fingerprint density at radius 1 is 1.00 bits per heavy atom. The number of hydrogen-bond acceptors (Lipinski definition) is 3. The molecule has 0 aliphatic rings. The lowest BCUT2D eigenvalue weighted by Gasteiger charge is -2.04. The smallest absolute Gasteiger partial charge is 0.282 e. The lowest BCUT2D eigenvalue weighted by atomic mass is 10.1. The summed E-state index contributed by atoms with van der Waals surface area (Å²) in [6.45, 7) is 0. The molecule has 0 fully saturated rings. The first-order valence-electron chi connectivity index (χ1n) is 4.18. The van der Waals surface area contributed by atoms with E-state index in [4.69, 9.17) is 4.55 Å². The summed E-state index contributed by atoms with van der Waals surface area (Å²) in [4.78, 5) is 0.592. The van der Waals surface area contributed by atoms with Crippen molar-refractivity contribution in [3.05, 3.63) is 36.4 Å². The summed E-state index contributed by atoms with van der Waals surface area (Å²) in [7, 11) is -4.18. The van der Waals surface area contributed by atoms with Crippen LogP contribution in [0, 0.1) is 0 Å². The zero-order valence-corrected chi connectivity index (χ0v) is 9.29. The normalized spacial score (nSPS) is 11.9. The molecule has 5 heteroatoms. The van der Waals surface area contributed by atoms with Gasteiger partial charge < -0.3 is 0 Å². The zero-order chi connectivity index (χ0) is 11.1. The predicted octanol–water partition coefficient (Wildman–Crippen LogP) is 2.38. The average molecular weight is 240 g/mol. The Kier molecular flexibility index (Phi) is 2.46. The van der Waals surface area contributed by atoms with Crippen LogP contribution in [0.4, 0.5) is 0 Å². The third-order valence-corrected chi connectivity index (χ3v) is 3.44. The van der Waals surface area contributed by atoms with Gasteiger partial charge in [-0.3, -0.25) is 4.55 Å². The SMILES string of the molecule is O=S(=O)(O)c1cccc2c(S)cccc12. The van der Waals surface area contributed by atoms with E-state index in [9.17, 15) is 8.42 Å². The predicted molar refractivity (Wildman–Crippen MR) is 61.0 cm³/mol. The number of thiol groups is 1. The van der Waals surface area contributed by atoms with Gasteiger partial charge in [0.1, 0.15) is 4.90 Å². The molecule has 0 atom stereocenters. The van der Waals surface area contributed by atoms with E-state index < -0.39 is 10.1 Å². The van der Waals surface area contributed by atoms with Crippen LogP contribution in [0.25, 0.3) is 10.8 Å². The molecule has 2 rings (SSSR count). The van der Waals surface area contributed by atoms with Gasteiger partial charge in [-0.05, 0) is 17.5 Å². The molecule has 3 nitrogen and oxygen atoms in total. The van der Waals surface area contributed by atoms with E-state index in [1.165, 1.54) is 6.07 Å². The van der Waals surface area contributed by atoms with E-state index in [1.54, 1.807) is 30.3 Å². The fraction of sp³-hybridized carbons (Fsp3) is 0. The maximum Gasteiger partial charge on any atom is 0.295 e. The lowest BCUT2D eigenvalue weighted by molar-refractivity contribution is 0.484. The Labute approximate surface area is 92.9 Å². The van der Waals surface area contributed by atoms with Crippen LogP contribution in [0.15, 0.2) is 46.2 Å². The van der Waals surface area contributed by atoms with E-state index in [0.29, 0.717) is 15.7 Å². The van der Waals surface area contributed by atoms with E-state index in [-0.39, 0.29) is 4.90 Å². The minimum atomic E-state index is -4.18. The molecule has 0 unspecified atom stereocenters. The highest BCUT2D eigenvalue weighted by molar-refractivity contribution is 7.86. The molecule has 0 aromatic heterocycles. The second-order valence-electron chi connectivity index (χ2n) is 3.10.